The minimum absolute atomic E-state index is 0.140. The van der Waals surface area contributed by atoms with Gasteiger partial charge in [0.2, 0.25) is 0 Å². The third-order valence-corrected chi connectivity index (χ3v) is 18.4. The van der Waals surface area contributed by atoms with Crippen molar-refractivity contribution in [3.05, 3.63) is 223 Å². The lowest BCUT2D eigenvalue weighted by molar-refractivity contribution is 0.0179. The van der Waals surface area contributed by atoms with Crippen LogP contribution in [-0.4, -0.2) is 196 Å². The molecule has 600 valence electrons. The average molecular weight is 1550 g/mol. The normalized spacial score (nSPS) is 11.7. The molecule has 0 fully saturated rings. The molecule has 0 amide bonds. The lowest BCUT2D eigenvalue weighted by Gasteiger charge is -2.29. The topological polar surface area (TPSA) is 333 Å². The SMILES string of the molecule is C=c1nc2c(c(=O)[nH]1)=Nc1cc(C)c(OCCOCCOCCOC)cc1N2CCCc1ccccc1.COCCOCCOCCOc1cc2c(cc1C)nc1c(=O)[nH]c(=O)nc-1n2CCCc1ccc(C)cc1.COCCOCCOCCOc1cccc(CCCn2c3nc(=O)[nH]c(=O)c-3nc3cc(C)c(C)cc32)c1. The van der Waals surface area contributed by atoms with Crippen molar-refractivity contribution in [2.45, 2.75) is 86.2 Å². The number of methoxy groups -OCH3 is 3. The zero-order chi connectivity index (χ0) is 79.9. The van der Waals surface area contributed by atoms with Gasteiger partial charge in [-0.1, -0.05) is 78.9 Å². The van der Waals surface area contributed by atoms with Crippen LogP contribution in [0.5, 0.6) is 17.2 Å². The maximum Gasteiger partial charge on any atom is 0.349 e. The van der Waals surface area contributed by atoms with E-state index < -0.39 is 22.5 Å². The molecule has 0 unspecified atom stereocenters. The second-order valence-electron chi connectivity index (χ2n) is 26.8. The number of ether oxygens (including phenoxy) is 12. The summed E-state index contributed by atoms with van der Waals surface area (Å²) in [6.45, 7) is 24.5. The Labute approximate surface area is 654 Å². The average Bonchev–Trinajstić information content (AvgIpc) is 0.768. The van der Waals surface area contributed by atoms with Crippen molar-refractivity contribution in [1.82, 2.24) is 49.0 Å². The number of aromatic amines is 3. The van der Waals surface area contributed by atoms with Crippen LogP contribution >= 0.6 is 0 Å². The molecular formula is C84H102N12O17. The van der Waals surface area contributed by atoms with Gasteiger partial charge in [0.05, 0.1) is 133 Å². The van der Waals surface area contributed by atoms with Crippen molar-refractivity contribution in [3.8, 4) is 40.3 Å². The molecule has 0 bridgehead atoms. The Balaban J connectivity index is 0.000000180. The monoisotopic (exact) mass is 1550 g/mol. The summed E-state index contributed by atoms with van der Waals surface area (Å²) in [6.07, 6.45) is 4.95. The van der Waals surface area contributed by atoms with Crippen LogP contribution in [-0.2, 0) is 75.0 Å². The predicted octanol–water partition coefficient (Wildman–Crippen LogP) is 8.37. The summed E-state index contributed by atoms with van der Waals surface area (Å²) in [6, 6.07) is 38.4. The van der Waals surface area contributed by atoms with Crippen molar-refractivity contribution >= 4 is 45.8 Å². The lowest BCUT2D eigenvalue weighted by Crippen LogP contribution is -2.42. The van der Waals surface area contributed by atoms with Gasteiger partial charge in [-0.2, -0.15) is 9.97 Å². The fourth-order valence-electron chi connectivity index (χ4n) is 12.5. The molecule has 0 radical (unpaired) electrons. The van der Waals surface area contributed by atoms with Crippen LogP contribution in [0.2, 0.25) is 0 Å². The van der Waals surface area contributed by atoms with Crippen LogP contribution in [0.4, 0.5) is 17.2 Å². The summed E-state index contributed by atoms with van der Waals surface area (Å²) in [4.78, 5) is 97.4. The quantitative estimate of drug-likeness (QED) is 0.0239. The van der Waals surface area contributed by atoms with Gasteiger partial charge < -0.3 is 75.9 Å². The van der Waals surface area contributed by atoms with Crippen LogP contribution in [0.3, 0.4) is 0 Å². The van der Waals surface area contributed by atoms with E-state index in [1.54, 1.807) is 21.3 Å². The molecule has 5 aliphatic rings. The maximum absolute atomic E-state index is 12.7. The number of nitrogens with zero attached hydrogens (tertiary/aromatic N) is 9. The summed E-state index contributed by atoms with van der Waals surface area (Å²) >= 11 is 0. The third-order valence-electron chi connectivity index (χ3n) is 18.4. The Hall–Kier alpha value is -10.7. The van der Waals surface area contributed by atoms with Gasteiger partial charge >= 0.3 is 11.4 Å². The number of aromatic nitrogens is 10. The van der Waals surface area contributed by atoms with Crippen LogP contribution in [0.15, 0.2) is 144 Å². The fraction of sp³-hybridized carbons (Fsp3) is 0.417. The molecule has 1 aromatic heterocycles. The van der Waals surface area contributed by atoms with E-state index in [1.807, 2.05) is 115 Å². The molecule has 6 aromatic carbocycles. The molecule has 0 atom stereocenters. The van der Waals surface area contributed by atoms with Gasteiger partial charge in [0.25, 0.3) is 16.7 Å². The molecule has 0 spiro atoms. The van der Waals surface area contributed by atoms with Crippen molar-refractivity contribution in [2.75, 3.05) is 152 Å². The van der Waals surface area contributed by atoms with Gasteiger partial charge in [0.1, 0.15) is 42.5 Å². The van der Waals surface area contributed by atoms with Gasteiger partial charge in [-0.25, -0.2) is 29.5 Å². The van der Waals surface area contributed by atoms with E-state index in [4.69, 9.17) is 56.8 Å². The molecule has 29 nitrogen and oxygen atoms in total. The number of benzene rings is 6. The van der Waals surface area contributed by atoms with E-state index in [1.165, 1.54) is 16.7 Å². The predicted molar refractivity (Wildman–Crippen MR) is 431 cm³/mol. The zero-order valence-electron chi connectivity index (χ0n) is 65.7. The summed E-state index contributed by atoms with van der Waals surface area (Å²) in [7, 11) is 4.92. The van der Waals surface area contributed by atoms with Crippen LogP contribution in [0.1, 0.15) is 63.8 Å². The Kier molecular flexibility index (Phi) is 32.9. The van der Waals surface area contributed by atoms with Crippen molar-refractivity contribution in [3.63, 3.8) is 0 Å². The van der Waals surface area contributed by atoms with Crippen molar-refractivity contribution in [2.24, 2.45) is 4.99 Å². The first-order valence-electron chi connectivity index (χ1n) is 38.0. The summed E-state index contributed by atoms with van der Waals surface area (Å²) in [5, 5.41) is 0.300. The van der Waals surface area contributed by atoms with Crippen LogP contribution in [0, 0.1) is 34.6 Å². The number of rotatable bonds is 42. The van der Waals surface area contributed by atoms with E-state index >= 15 is 0 Å². The summed E-state index contributed by atoms with van der Waals surface area (Å²) in [5.74, 6) is 3.28. The van der Waals surface area contributed by atoms with Crippen molar-refractivity contribution < 1.29 is 56.8 Å². The molecule has 7 aromatic rings. The smallest absolute Gasteiger partial charge is 0.349 e. The number of aryl methyl sites for hydroxylation is 10. The van der Waals surface area contributed by atoms with Crippen LogP contribution < -0.4 is 58.0 Å². The maximum atomic E-state index is 12.7. The Morgan fingerprint density at radius 2 is 0.850 bits per heavy atom. The highest BCUT2D eigenvalue weighted by molar-refractivity contribution is 5.83. The highest BCUT2D eigenvalue weighted by Crippen LogP contribution is 2.40. The minimum Gasteiger partial charge on any atom is -0.491 e. The molecule has 29 heteroatoms. The van der Waals surface area contributed by atoms with Crippen LogP contribution in [0.25, 0.3) is 51.7 Å². The van der Waals surface area contributed by atoms with Gasteiger partial charge in [0, 0.05) is 53.1 Å². The molecule has 0 saturated heterocycles. The first kappa shape index (κ1) is 84.7. The molecule has 0 saturated carbocycles. The number of nitrogens with one attached hydrogen (secondary N) is 3. The Bertz CT molecular complexity index is 5250. The molecule has 5 aliphatic heterocycles. The lowest BCUT2D eigenvalue weighted by atomic mass is 10.1. The number of H-pyrrole nitrogens is 3. The number of hydrogen-bond acceptors (Lipinski definition) is 24. The minimum atomic E-state index is -0.692. The molecule has 113 heavy (non-hydrogen) atoms. The number of fused-ring (bicyclic) bond motifs is 6. The molecular weight excluding hydrogens is 1450 g/mol. The Morgan fingerprint density at radius 3 is 1.40 bits per heavy atom. The Morgan fingerprint density at radius 1 is 0.398 bits per heavy atom. The van der Waals surface area contributed by atoms with E-state index in [2.05, 4.69) is 101 Å². The standard InChI is InChI=1S/2C28H34N4O6.C28H34N4O5/c1-19-16-23-24(17-20(19)2)32(26-25(29-23)27(33)31-28(34)30-26)9-5-7-21-6-4-8-22(18-21)38-15-14-37-13-12-36-11-10-35-3;1-19-6-8-21(9-7-19)5-4-10-32-23-18-24(38-16-15-37-14-13-36-12-11-35-3)20(2)17-22(23)29-25-26(32)30-28(34)31-27(25)33;1-20-18-23-24(19-25(20)37-17-16-36-15-14-35-13-12-34-3)32(11-7-10-22-8-5-4-6-9-22)27-26(31-23)28(33)30-21(2)29-27/h4,6,8,16-18H,5,7,9-15H2,1-3H3,(H,31,33,34);6-9,17-18H,4-5,10-16H2,1-3H3,(H,31,33,34);4-6,8-9,18-19H,2,7,10-17H2,1,3H3,(H,30,33). The van der Waals surface area contributed by atoms with Gasteiger partial charge in [-0.05, 0) is 148 Å². The number of hydrogen-bond donors (Lipinski definition) is 3. The fourth-order valence-corrected chi connectivity index (χ4v) is 12.5. The number of anilines is 2. The van der Waals surface area contributed by atoms with E-state index in [9.17, 15) is 24.0 Å². The van der Waals surface area contributed by atoms with E-state index in [0.29, 0.717) is 184 Å². The molecule has 0 aliphatic carbocycles. The molecule has 6 heterocycles. The first-order valence-corrected chi connectivity index (χ1v) is 38.0. The summed E-state index contributed by atoms with van der Waals surface area (Å²) in [5.41, 5.74) is 11.2. The zero-order valence-corrected chi connectivity index (χ0v) is 65.7. The molecule has 12 rings (SSSR count). The van der Waals surface area contributed by atoms with E-state index in [-0.39, 0.29) is 22.8 Å². The highest BCUT2D eigenvalue weighted by atomic mass is 16.6. The van der Waals surface area contributed by atoms with Gasteiger partial charge in [-0.15, -0.1) is 0 Å². The van der Waals surface area contributed by atoms with Gasteiger partial charge in [0.15, 0.2) is 34.2 Å². The first-order chi connectivity index (χ1) is 55.0. The van der Waals surface area contributed by atoms with Gasteiger partial charge in [-0.3, -0.25) is 24.4 Å². The second-order valence-corrected chi connectivity index (χ2v) is 26.8. The van der Waals surface area contributed by atoms with E-state index in [0.717, 1.165) is 94.6 Å². The second kappa shape index (κ2) is 43.9. The largest absolute Gasteiger partial charge is 0.491 e. The molecule has 3 N–H and O–H groups in total. The third kappa shape index (κ3) is 24.9. The summed E-state index contributed by atoms with van der Waals surface area (Å²) < 4.78 is 69.4. The van der Waals surface area contributed by atoms with Crippen molar-refractivity contribution in [1.29, 1.82) is 0 Å². The highest BCUT2D eigenvalue weighted by Gasteiger charge is 2.26.